The maximum atomic E-state index is 11.4. The van der Waals surface area contributed by atoms with Crippen molar-refractivity contribution in [2.24, 2.45) is 11.3 Å². The maximum absolute atomic E-state index is 11.4. The van der Waals surface area contributed by atoms with E-state index in [1.54, 1.807) is 7.11 Å². The number of ether oxygens (including phenoxy) is 4. The third kappa shape index (κ3) is 9.62. The fourth-order valence-electron chi connectivity index (χ4n) is 4.67. The second-order valence-corrected chi connectivity index (χ2v) is 11.4. The number of hydrogen-bond acceptors (Lipinski definition) is 8. The number of nitrogens with zero attached hydrogens (tertiary/aromatic N) is 1. The number of rotatable bonds is 15. The van der Waals surface area contributed by atoms with Crippen molar-refractivity contribution >= 4 is 0 Å². The smallest absolute Gasteiger partial charge is 0.159 e. The van der Waals surface area contributed by atoms with Crippen molar-refractivity contribution in [2.75, 3.05) is 34.4 Å². The van der Waals surface area contributed by atoms with Crippen molar-refractivity contribution in [1.29, 1.82) is 0 Å². The molecule has 9 atom stereocenters. The van der Waals surface area contributed by atoms with Gasteiger partial charge in [0.1, 0.15) is 0 Å². The SMILES string of the molecule is CNC1CC(C)OC(OCC(C)(C)[C@](C)(O)CC(C)CN(C)C(C)C(O)[C@H](C)OC(C)OC)C1. The van der Waals surface area contributed by atoms with Crippen LogP contribution >= 0.6 is 0 Å². The number of aliphatic hydroxyl groups excluding tert-OH is 1. The summed E-state index contributed by atoms with van der Waals surface area (Å²) in [6, 6.07) is 0.282. The Morgan fingerprint density at radius 1 is 1.15 bits per heavy atom. The summed E-state index contributed by atoms with van der Waals surface area (Å²) in [5.74, 6) is 0.211. The summed E-state index contributed by atoms with van der Waals surface area (Å²) < 4.78 is 22.9. The Labute approximate surface area is 208 Å². The fraction of sp³-hybridized carbons (Fsp3) is 1.00. The van der Waals surface area contributed by atoms with Gasteiger partial charge in [-0.15, -0.1) is 0 Å². The Balaban J connectivity index is 2.61. The number of aliphatic hydroxyl groups is 2. The van der Waals surface area contributed by atoms with Crippen molar-refractivity contribution in [1.82, 2.24) is 10.2 Å². The predicted octanol–water partition coefficient (Wildman–Crippen LogP) is 3.00. The monoisotopic (exact) mass is 490 g/mol. The van der Waals surface area contributed by atoms with E-state index in [1.165, 1.54) is 0 Å². The maximum Gasteiger partial charge on any atom is 0.159 e. The molecule has 3 N–H and O–H groups in total. The van der Waals surface area contributed by atoms with Crippen LogP contribution in [0.5, 0.6) is 0 Å². The molecule has 0 aliphatic carbocycles. The standard InChI is InChI=1S/C26H54N2O6/c1-17(15-28(10)19(3)24(29)20(4)34-21(5)31-11)14-26(8,30)25(6,7)16-32-23-13-22(27-9)12-18(2)33-23/h17-24,27,29-30H,12-16H2,1-11H3/t17?,18?,19?,20-,21?,22?,23?,24?,26+/m0/s1. The Bertz CT molecular complexity index is 575. The lowest BCUT2D eigenvalue weighted by Crippen LogP contribution is -2.50. The highest BCUT2D eigenvalue weighted by atomic mass is 16.7. The summed E-state index contributed by atoms with van der Waals surface area (Å²) >= 11 is 0. The van der Waals surface area contributed by atoms with E-state index >= 15 is 0 Å². The largest absolute Gasteiger partial charge is 0.390 e. The van der Waals surface area contributed by atoms with Gasteiger partial charge in [0.05, 0.1) is 30.5 Å². The van der Waals surface area contributed by atoms with Gasteiger partial charge in [-0.25, -0.2) is 0 Å². The number of hydrogen-bond donors (Lipinski definition) is 3. The quantitative estimate of drug-likeness (QED) is 0.302. The van der Waals surface area contributed by atoms with Gasteiger partial charge in [0.2, 0.25) is 0 Å². The molecule has 8 nitrogen and oxygen atoms in total. The van der Waals surface area contributed by atoms with Crippen LogP contribution in [-0.2, 0) is 18.9 Å². The van der Waals surface area contributed by atoms with Crippen LogP contribution in [0.2, 0.25) is 0 Å². The van der Waals surface area contributed by atoms with Gasteiger partial charge in [-0.2, -0.15) is 0 Å². The van der Waals surface area contributed by atoms with Crippen LogP contribution in [0, 0.1) is 11.3 Å². The average molecular weight is 491 g/mol. The van der Waals surface area contributed by atoms with Gasteiger partial charge in [0.25, 0.3) is 0 Å². The van der Waals surface area contributed by atoms with E-state index in [0.717, 1.165) is 19.4 Å². The van der Waals surface area contributed by atoms with Crippen LogP contribution in [0.3, 0.4) is 0 Å². The Kier molecular flexibility index (Phi) is 12.9. The molecule has 34 heavy (non-hydrogen) atoms. The van der Waals surface area contributed by atoms with Crippen LogP contribution in [-0.4, -0.2) is 98.0 Å². The van der Waals surface area contributed by atoms with E-state index < -0.39 is 17.1 Å². The molecule has 204 valence electrons. The molecule has 0 radical (unpaired) electrons. The summed E-state index contributed by atoms with van der Waals surface area (Å²) in [4.78, 5) is 2.13. The van der Waals surface area contributed by atoms with Gasteiger partial charge in [0.15, 0.2) is 12.6 Å². The first-order chi connectivity index (χ1) is 15.6. The topological polar surface area (TPSA) is 92.7 Å². The lowest BCUT2D eigenvalue weighted by Gasteiger charge is -2.43. The van der Waals surface area contributed by atoms with Gasteiger partial charge in [-0.3, -0.25) is 0 Å². The molecule has 0 aromatic heterocycles. The predicted molar refractivity (Wildman–Crippen MR) is 136 cm³/mol. The minimum absolute atomic E-state index is 0.103. The molecule has 1 heterocycles. The van der Waals surface area contributed by atoms with E-state index in [1.807, 2.05) is 55.6 Å². The van der Waals surface area contributed by atoms with Gasteiger partial charge in [0, 0.05) is 37.6 Å². The summed E-state index contributed by atoms with van der Waals surface area (Å²) in [6.07, 6.45) is 0.925. The van der Waals surface area contributed by atoms with E-state index in [-0.39, 0.29) is 36.7 Å². The minimum atomic E-state index is -0.928. The molecule has 0 amide bonds. The third-order valence-electron chi connectivity index (χ3n) is 7.73. The van der Waals surface area contributed by atoms with E-state index in [9.17, 15) is 10.2 Å². The molecule has 7 unspecified atom stereocenters. The van der Waals surface area contributed by atoms with Gasteiger partial charge < -0.3 is 39.4 Å². The molecule has 0 saturated carbocycles. The van der Waals surface area contributed by atoms with E-state index in [2.05, 4.69) is 24.1 Å². The average Bonchev–Trinajstić information content (AvgIpc) is 2.75. The molecule has 0 bridgehead atoms. The molecular weight excluding hydrogens is 436 g/mol. The normalized spacial score (nSPS) is 28.2. The van der Waals surface area contributed by atoms with Gasteiger partial charge in [-0.1, -0.05) is 20.8 Å². The van der Waals surface area contributed by atoms with Crippen molar-refractivity contribution in [2.45, 2.75) is 123 Å². The second kappa shape index (κ2) is 13.8. The highest BCUT2D eigenvalue weighted by Gasteiger charge is 2.42. The van der Waals surface area contributed by atoms with Crippen LogP contribution in [0.4, 0.5) is 0 Å². The molecule has 1 rings (SSSR count). The zero-order valence-electron chi connectivity index (χ0n) is 23.6. The van der Waals surface area contributed by atoms with Crippen molar-refractivity contribution in [3.63, 3.8) is 0 Å². The molecular formula is C26H54N2O6. The van der Waals surface area contributed by atoms with Crippen molar-refractivity contribution in [3.05, 3.63) is 0 Å². The first kappa shape index (κ1) is 31.7. The Morgan fingerprint density at radius 3 is 2.32 bits per heavy atom. The van der Waals surface area contributed by atoms with Crippen LogP contribution in [0.15, 0.2) is 0 Å². The highest BCUT2D eigenvalue weighted by Crippen LogP contribution is 2.37. The van der Waals surface area contributed by atoms with Gasteiger partial charge in [-0.05, 0) is 67.5 Å². The molecule has 1 aliphatic rings. The molecule has 1 fully saturated rings. The third-order valence-corrected chi connectivity index (χ3v) is 7.73. The summed E-state index contributed by atoms with van der Waals surface area (Å²) in [7, 11) is 5.56. The Morgan fingerprint density at radius 2 is 1.76 bits per heavy atom. The highest BCUT2D eigenvalue weighted by molar-refractivity contribution is 4.92. The number of nitrogens with one attached hydrogen (secondary N) is 1. The van der Waals surface area contributed by atoms with Crippen molar-refractivity contribution in [3.8, 4) is 0 Å². The van der Waals surface area contributed by atoms with Crippen LogP contribution < -0.4 is 5.32 Å². The van der Waals surface area contributed by atoms with E-state index in [0.29, 0.717) is 19.1 Å². The van der Waals surface area contributed by atoms with E-state index in [4.69, 9.17) is 18.9 Å². The zero-order chi connectivity index (χ0) is 26.3. The lowest BCUT2D eigenvalue weighted by atomic mass is 9.72. The van der Waals surface area contributed by atoms with Crippen LogP contribution in [0.25, 0.3) is 0 Å². The molecule has 1 saturated heterocycles. The zero-order valence-corrected chi connectivity index (χ0v) is 23.6. The molecule has 8 heteroatoms. The molecule has 0 aromatic carbocycles. The van der Waals surface area contributed by atoms with Gasteiger partial charge >= 0.3 is 0 Å². The molecule has 0 spiro atoms. The minimum Gasteiger partial charge on any atom is -0.390 e. The Hall–Kier alpha value is -0.320. The number of likely N-dealkylation sites (N-methyl/N-ethyl adjacent to an activating group) is 1. The molecule has 0 aromatic rings. The second-order valence-electron chi connectivity index (χ2n) is 11.4. The lowest BCUT2D eigenvalue weighted by molar-refractivity contribution is -0.220. The fourth-order valence-corrected chi connectivity index (χ4v) is 4.67. The summed E-state index contributed by atoms with van der Waals surface area (Å²) in [6.45, 7) is 17.0. The molecule has 1 aliphatic heterocycles. The summed E-state index contributed by atoms with van der Waals surface area (Å²) in [5, 5.41) is 25.5. The first-order valence-corrected chi connectivity index (χ1v) is 12.9. The van der Waals surface area contributed by atoms with Crippen molar-refractivity contribution < 1.29 is 29.2 Å². The van der Waals surface area contributed by atoms with Crippen LogP contribution in [0.1, 0.15) is 74.7 Å². The number of methoxy groups -OCH3 is 1. The first-order valence-electron chi connectivity index (χ1n) is 12.9. The summed E-state index contributed by atoms with van der Waals surface area (Å²) in [5.41, 5.74) is -1.38.